The lowest BCUT2D eigenvalue weighted by molar-refractivity contribution is -0.150. The van der Waals surface area contributed by atoms with Crippen LogP contribution in [0.4, 0.5) is 0 Å². The summed E-state index contributed by atoms with van der Waals surface area (Å²) in [7, 11) is 0. The summed E-state index contributed by atoms with van der Waals surface area (Å²) >= 11 is 0. The fourth-order valence-electron chi connectivity index (χ4n) is 6.04. The maximum atomic E-state index is 12.9. The molecule has 1 aromatic carbocycles. The van der Waals surface area contributed by atoms with Gasteiger partial charge in [-0.25, -0.2) is 0 Å². The van der Waals surface area contributed by atoms with E-state index in [-0.39, 0.29) is 17.2 Å². The molecule has 1 heterocycles. The topological polar surface area (TPSA) is 79.8 Å². The molecule has 6 rings (SSSR count). The molecule has 4 aliphatic carbocycles. The van der Waals surface area contributed by atoms with Gasteiger partial charge in [-0.15, -0.1) is 0 Å². The maximum absolute atomic E-state index is 12.9. The minimum Gasteiger partial charge on any atom is -0.382 e. The van der Waals surface area contributed by atoms with Crippen LogP contribution in [0, 0.1) is 23.2 Å². The van der Waals surface area contributed by atoms with Crippen molar-refractivity contribution in [2.24, 2.45) is 28.3 Å². The lowest BCUT2D eigenvalue weighted by atomic mass is 9.49. The first kappa shape index (κ1) is 16.8. The number of hydrogen-bond donors (Lipinski definition) is 2. The fraction of sp³-hybridized carbons (Fsp3) is 0.571. The zero-order valence-corrected chi connectivity index (χ0v) is 15.3. The summed E-state index contributed by atoms with van der Waals surface area (Å²) in [6.45, 7) is 0. The number of nitrogens with zero attached hydrogens (tertiary/aromatic N) is 1. The van der Waals surface area contributed by atoms with Crippen molar-refractivity contribution in [2.75, 3.05) is 0 Å². The standard InChI is InChI=1S/C21H25N3O3/c25-19(18-9-17(24-27-18)16-4-2-1-3-5-16)22-23-20(26)21-10-13-6-14(11-21)8-15(7-13)12-21/h1-5,13-15,18H,6-12H2,(H,22,25)(H,23,26)/t13?,14?,15?,18-,21?/m0/s1. The van der Waals surface area contributed by atoms with E-state index in [0.717, 1.165) is 30.5 Å². The molecular formula is C21H25N3O3. The highest BCUT2D eigenvalue weighted by atomic mass is 16.6. The van der Waals surface area contributed by atoms with Crippen molar-refractivity contribution in [3.63, 3.8) is 0 Å². The van der Waals surface area contributed by atoms with Crippen LogP contribution in [0.3, 0.4) is 0 Å². The van der Waals surface area contributed by atoms with E-state index in [1.165, 1.54) is 19.3 Å². The Hall–Kier alpha value is -2.37. The van der Waals surface area contributed by atoms with Crippen LogP contribution in [0.1, 0.15) is 50.5 Å². The summed E-state index contributed by atoms with van der Waals surface area (Å²) in [5, 5.41) is 4.03. The molecule has 1 aromatic rings. The van der Waals surface area contributed by atoms with Crippen molar-refractivity contribution < 1.29 is 14.4 Å². The Bertz CT molecular complexity index is 754. The van der Waals surface area contributed by atoms with Crippen molar-refractivity contribution in [3.8, 4) is 0 Å². The first-order chi connectivity index (χ1) is 13.1. The molecule has 6 heteroatoms. The smallest absolute Gasteiger partial charge is 0.282 e. The van der Waals surface area contributed by atoms with E-state index in [1.54, 1.807) is 0 Å². The molecule has 4 saturated carbocycles. The normalized spacial score (nSPS) is 36.1. The number of benzene rings is 1. The molecule has 6 nitrogen and oxygen atoms in total. The molecule has 2 amide bonds. The molecule has 4 bridgehead atoms. The number of oxime groups is 1. The van der Waals surface area contributed by atoms with Crippen molar-refractivity contribution in [1.29, 1.82) is 0 Å². The summed E-state index contributed by atoms with van der Waals surface area (Å²) in [5.41, 5.74) is 6.71. The van der Waals surface area contributed by atoms with E-state index in [2.05, 4.69) is 16.0 Å². The monoisotopic (exact) mass is 367 g/mol. The number of rotatable bonds is 3. The third-order valence-electron chi connectivity index (χ3n) is 6.89. The average molecular weight is 367 g/mol. The number of hydrogen-bond acceptors (Lipinski definition) is 4. The van der Waals surface area contributed by atoms with E-state index in [1.807, 2.05) is 30.3 Å². The fourth-order valence-corrected chi connectivity index (χ4v) is 6.04. The molecule has 4 fully saturated rings. The molecule has 0 aromatic heterocycles. The van der Waals surface area contributed by atoms with Crippen molar-refractivity contribution in [3.05, 3.63) is 35.9 Å². The van der Waals surface area contributed by atoms with Crippen LogP contribution in [0.25, 0.3) is 0 Å². The molecule has 0 spiro atoms. The van der Waals surface area contributed by atoms with Gasteiger partial charge < -0.3 is 4.84 Å². The Labute approximate surface area is 158 Å². The van der Waals surface area contributed by atoms with Gasteiger partial charge in [-0.2, -0.15) is 0 Å². The summed E-state index contributed by atoms with van der Waals surface area (Å²) in [6, 6.07) is 9.67. The number of carbonyl (C=O) groups excluding carboxylic acids is 2. The lowest BCUT2D eigenvalue weighted by Gasteiger charge is -2.55. The first-order valence-electron chi connectivity index (χ1n) is 10.00. The lowest BCUT2D eigenvalue weighted by Crippen LogP contribution is -2.57. The quantitative estimate of drug-likeness (QED) is 0.806. The van der Waals surface area contributed by atoms with Gasteiger partial charge in [0.2, 0.25) is 12.0 Å². The Balaban J connectivity index is 1.17. The van der Waals surface area contributed by atoms with Crippen LogP contribution >= 0.6 is 0 Å². The van der Waals surface area contributed by atoms with Crippen molar-refractivity contribution in [1.82, 2.24) is 10.9 Å². The highest BCUT2D eigenvalue weighted by Gasteiger charge is 2.54. The summed E-state index contributed by atoms with van der Waals surface area (Å²) in [6.07, 6.45) is 6.49. The zero-order valence-electron chi connectivity index (χ0n) is 15.3. The molecule has 27 heavy (non-hydrogen) atoms. The molecule has 142 valence electrons. The molecular weight excluding hydrogens is 342 g/mol. The highest BCUT2D eigenvalue weighted by Crippen LogP contribution is 2.60. The van der Waals surface area contributed by atoms with Gasteiger partial charge >= 0.3 is 0 Å². The van der Waals surface area contributed by atoms with Gasteiger partial charge in [0.05, 0.1) is 11.1 Å². The molecule has 2 N–H and O–H groups in total. The predicted molar refractivity (Wildman–Crippen MR) is 99.4 cm³/mol. The van der Waals surface area contributed by atoms with E-state index in [0.29, 0.717) is 24.2 Å². The molecule has 0 radical (unpaired) electrons. The minimum atomic E-state index is -0.697. The van der Waals surface area contributed by atoms with Crippen LogP contribution in [0.2, 0.25) is 0 Å². The summed E-state index contributed by atoms with van der Waals surface area (Å²) in [4.78, 5) is 30.6. The second-order valence-electron chi connectivity index (χ2n) is 8.84. The van der Waals surface area contributed by atoms with Crippen LogP contribution in [-0.4, -0.2) is 23.6 Å². The SMILES string of the molecule is O=C(NNC(=O)C12CC3CC(CC(C3)C1)C2)[C@@H]1CC(c2ccccc2)=NO1. The van der Waals surface area contributed by atoms with Gasteiger partial charge in [-0.05, 0) is 61.8 Å². The Morgan fingerprint density at radius 1 is 0.963 bits per heavy atom. The zero-order chi connectivity index (χ0) is 18.4. The van der Waals surface area contributed by atoms with Crippen molar-refractivity contribution in [2.45, 2.75) is 51.0 Å². The second kappa shape index (κ2) is 6.36. The number of nitrogens with one attached hydrogen (secondary N) is 2. The van der Waals surface area contributed by atoms with Gasteiger partial charge in [-0.3, -0.25) is 20.4 Å². The van der Waals surface area contributed by atoms with Gasteiger partial charge in [0, 0.05) is 6.42 Å². The third-order valence-corrected chi connectivity index (χ3v) is 6.89. The van der Waals surface area contributed by atoms with Crippen LogP contribution < -0.4 is 10.9 Å². The largest absolute Gasteiger partial charge is 0.382 e. The molecule has 1 aliphatic heterocycles. The second-order valence-corrected chi connectivity index (χ2v) is 8.84. The van der Waals surface area contributed by atoms with Crippen LogP contribution in [0.5, 0.6) is 0 Å². The third kappa shape index (κ3) is 3.01. The Kier molecular flexibility index (Phi) is 3.95. The summed E-state index contributed by atoms with van der Waals surface area (Å²) in [5.74, 6) is 1.72. The summed E-state index contributed by atoms with van der Waals surface area (Å²) < 4.78 is 0. The number of amides is 2. The predicted octanol–water partition coefficient (Wildman–Crippen LogP) is 2.54. The highest BCUT2D eigenvalue weighted by molar-refractivity contribution is 6.04. The molecule has 0 unspecified atom stereocenters. The molecule has 1 atom stereocenters. The number of carbonyl (C=O) groups is 2. The number of hydrazine groups is 1. The van der Waals surface area contributed by atoms with Gasteiger partial charge in [0.15, 0.2) is 0 Å². The average Bonchev–Trinajstić information content (AvgIpc) is 3.16. The van der Waals surface area contributed by atoms with E-state index in [9.17, 15) is 9.59 Å². The van der Waals surface area contributed by atoms with Gasteiger partial charge in [-0.1, -0.05) is 35.5 Å². The van der Waals surface area contributed by atoms with Gasteiger partial charge in [0.25, 0.3) is 5.91 Å². The maximum Gasteiger partial charge on any atom is 0.282 e. The Morgan fingerprint density at radius 3 is 2.22 bits per heavy atom. The van der Waals surface area contributed by atoms with E-state index < -0.39 is 6.10 Å². The van der Waals surface area contributed by atoms with Gasteiger partial charge in [0.1, 0.15) is 0 Å². The van der Waals surface area contributed by atoms with Crippen molar-refractivity contribution >= 4 is 17.5 Å². The van der Waals surface area contributed by atoms with Crippen LogP contribution in [0.15, 0.2) is 35.5 Å². The van der Waals surface area contributed by atoms with Crippen LogP contribution in [-0.2, 0) is 14.4 Å². The Morgan fingerprint density at radius 2 is 1.59 bits per heavy atom. The van der Waals surface area contributed by atoms with E-state index in [4.69, 9.17) is 4.84 Å². The minimum absolute atomic E-state index is 0.0165. The van der Waals surface area contributed by atoms with E-state index >= 15 is 0 Å². The molecule has 0 saturated heterocycles. The first-order valence-corrected chi connectivity index (χ1v) is 10.00. The molecule has 5 aliphatic rings.